The molecule has 1 aliphatic rings. The summed E-state index contributed by atoms with van der Waals surface area (Å²) >= 11 is 0. The third-order valence-electron chi connectivity index (χ3n) is 3.13. The summed E-state index contributed by atoms with van der Waals surface area (Å²) in [5, 5.41) is 12.4. The number of para-hydroxylation sites is 1. The zero-order valence-electron chi connectivity index (χ0n) is 10.3. The van der Waals surface area contributed by atoms with Gasteiger partial charge >= 0.3 is 0 Å². The summed E-state index contributed by atoms with van der Waals surface area (Å²) < 4.78 is 5.17. The minimum atomic E-state index is -0.630. The van der Waals surface area contributed by atoms with Crippen LogP contribution >= 0.6 is 0 Å². The molecule has 98 valence electrons. The van der Waals surface area contributed by atoms with Gasteiger partial charge in [-0.2, -0.15) is 0 Å². The van der Waals surface area contributed by atoms with Crippen LogP contribution in [0.5, 0.6) is 0 Å². The molecule has 3 unspecified atom stereocenters. The molecule has 4 N–H and O–H groups in total. The van der Waals surface area contributed by atoms with Gasteiger partial charge in [0.15, 0.2) is 0 Å². The topological polar surface area (TPSA) is 84.6 Å². The summed E-state index contributed by atoms with van der Waals surface area (Å²) in [5.41, 5.74) is 7.11. The number of amides is 1. The molecule has 0 bridgehead atoms. The molecule has 1 amide bonds. The van der Waals surface area contributed by atoms with Crippen LogP contribution in [0.3, 0.4) is 0 Å². The van der Waals surface area contributed by atoms with Gasteiger partial charge in [-0.25, -0.2) is 0 Å². The normalized spacial score (nSPS) is 24.8. The molecule has 1 aromatic rings. The van der Waals surface area contributed by atoms with Crippen molar-refractivity contribution in [3.63, 3.8) is 0 Å². The average Bonchev–Trinajstić information content (AvgIpc) is 2.76. The molecule has 18 heavy (non-hydrogen) atoms. The van der Waals surface area contributed by atoms with E-state index in [9.17, 15) is 9.90 Å². The summed E-state index contributed by atoms with van der Waals surface area (Å²) in [6, 6.07) is 6.92. The molecule has 0 saturated carbocycles. The van der Waals surface area contributed by atoms with E-state index < -0.39 is 6.10 Å². The lowest BCUT2D eigenvalue weighted by molar-refractivity contribution is -0.120. The van der Waals surface area contributed by atoms with Gasteiger partial charge in [0.05, 0.1) is 25.2 Å². The molecule has 0 aliphatic carbocycles. The van der Waals surface area contributed by atoms with Crippen molar-refractivity contribution in [2.45, 2.75) is 19.1 Å². The Bertz CT molecular complexity index is 434. The summed E-state index contributed by atoms with van der Waals surface area (Å²) in [7, 11) is 0. The van der Waals surface area contributed by atoms with Crippen molar-refractivity contribution in [1.82, 2.24) is 0 Å². The molecule has 0 radical (unpaired) electrons. The van der Waals surface area contributed by atoms with Crippen LogP contribution in [-0.2, 0) is 9.53 Å². The van der Waals surface area contributed by atoms with Crippen molar-refractivity contribution in [3.05, 3.63) is 29.8 Å². The molecule has 2 rings (SSSR count). The van der Waals surface area contributed by atoms with E-state index in [1.54, 1.807) is 19.1 Å². The van der Waals surface area contributed by atoms with Crippen molar-refractivity contribution < 1.29 is 14.6 Å². The second-order valence-electron chi connectivity index (χ2n) is 4.56. The Morgan fingerprint density at radius 2 is 2.22 bits per heavy atom. The van der Waals surface area contributed by atoms with E-state index in [2.05, 4.69) is 5.32 Å². The zero-order valence-corrected chi connectivity index (χ0v) is 10.3. The van der Waals surface area contributed by atoms with Crippen molar-refractivity contribution >= 4 is 11.6 Å². The summed E-state index contributed by atoms with van der Waals surface area (Å²) in [6.07, 6.45) is -0.630. The molecule has 1 saturated heterocycles. The Morgan fingerprint density at radius 1 is 1.50 bits per heavy atom. The van der Waals surface area contributed by atoms with E-state index in [0.29, 0.717) is 24.5 Å². The Balaban J connectivity index is 2.11. The molecule has 1 aromatic carbocycles. The number of nitrogens with one attached hydrogen (secondary N) is 1. The predicted molar refractivity (Wildman–Crippen MR) is 68.0 cm³/mol. The van der Waals surface area contributed by atoms with Crippen LogP contribution in [0.2, 0.25) is 0 Å². The van der Waals surface area contributed by atoms with E-state index in [0.717, 1.165) is 0 Å². The summed E-state index contributed by atoms with van der Waals surface area (Å²) in [6.45, 7) is 2.43. The Hall–Kier alpha value is -1.43. The van der Waals surface area contributed by atoms with Gasteiger partial charge < -0.3 is 20.9 Å². The van der Waals surface area contributed by atoms with Gasteiger partial charge in [0.2, 0.25) is 5.91 Å². The maximum atomic E-state index is 12.0. The van der Waals surface area contributed by atoms with Crippen molar-refractivity contribution in [3.8, 4) is 0 Å². The Labute approximate surface area is 106 Å². The molecule has 0 aromatic heterocycles. The van der Waals surface area contributed by atoms with Gasteiger partial charge in [0.1, 0.15) is 0 Å². The van der Waals surface area contributed by atoms with E-state index >= 15 is 0 Å². The molecular formula is C13H18N2O3. The molecule has 5 nitrogen and oxygen atoms in total. The van der Waals surface area contributed by atoms with Crippen molar-refractivity contribution in [1.29, 1.82) is 0 Å². The van der Waals surface area contributed by atoms with Gasteiger partial charge in [0.25, 0.3) is 0 Å². The zero-order chi connectivity index (χ0) is 13.1. The number of nitrogens with two attached hydrogens (primary N) is 1. The van der Waals surface area contributed by atoms with Gasteiger partial charge in [-0.3, -0.25) is 4.79 Å². The highest BCUT2D eigenvalue weighted by Crippen LogP contribution is 2.23. The lowest BCUT2D eigenvalue weighted by atomic mass is 10.0. The third kappa shape index (κ3) is 2.69. The molecular weight excluding hydrogens is 232 g/mol. The minimum Gasteiger partial charge on any atom is -0.389 e. The van der Waals surface area contributed by atoms with Gasteiger partial charge in [0, 0.05) is 17.3 Å². The lowest BCUT2D eigenvalue weighted by Crippen LogP contribution is -2.37. The highest BCUT2D eigenvalue weighted by atomic mass is 16.5. The van der Waals surface area contributed by atoms with Crippen LogP contribution in [0, 0.1) is 5.92 Å². The summed E-state index contributed by atoms with van der Waals surface area (Å²) in [4.78, 5) is 12.0. The number of ether oxygens (including phenoxy) is 1. The molecule has 1 fully saturated rings. The van der Waals surface area contributed by atoms with Crippen LogP contribution in [-0.4, -0.2) is 30.3 Å². The molecule has 0 spiro atoms. The van der Waals surface area contributed by atoms with Crippen LogP contribution in [0.15, 0.2) is 24.3 Å². The summed E-state index contributed by atoms with van der Waals surface area (Å²) in [5.74, 6) is -0.486. The van der Waals surface area contributed by atoms with Crippen LogP contribution in [0.4, 0.5) is 5.69 Å². The lowest BCUT2D eigenvalue weighted by Gasteiger charge is -2.16. The Kier molecular flexibility index (Phi) is 3.96. The Morgan fingerprint density at radius 3 is 2.83 bits per heavy atom. The smallest absolute Gasteiger partial charge is 0.231 e. The van der Waals surface area contributed by atoms with Crippen LogP contribution in [0.1, 0.15) is 18.6 Å². The number of carbonyl (C=O) groups excluding carboxylic acids is 1. The van der Waals surface area contributed by atoms with E-state index in [4.69, 9.17) is 10.5 Å². The largest absolute Gasteiger partial charge is 0.389 e. The molecule has 1 heterocycles. The fraction of sp³-hybridized carbons (Fsp3) is 0.462. The highest BCUT2D eigenvalue weighted by molar-refractivity contribution is 5.94. The maximum Gasteiger partial charge on any atom is 0.231 e. The first-order chi connectivity index (χ1) is 8.59. The van der Waals surface area contributed by atoms with Crippen molar-refractivity contribution in [2.24, 2.45) is 11.7 Å². The third-order valence-corrected chi connectivity index (χ3v) is 3.13. The first-order valence-electron chi connectivity index (χ1n) is 6.00. The highest BCUT2D eigenvalue weighted by Gasteiger charge is 2.31. The number of carbonyl (C=O) groups is 1. The number of aliphatic hydroxyl groups is 1. The SMILES string of the molecule is CC(O)c1ccccc1NC(=O)C1COCC1N. The monoisotopic (exact) mass is 250 g/mol. The molecule has 1 aliphatic heterocycles. The minimum absolute atomic E-state index is 0.159. The second-order valence-corrected chi connectivity index (χ2v) is 4.56. The fourth-order valence-electron chi connectivity index (χ4n) is 2.04. The molecule has 3 atom stereocenters. The second kappa shape index (κ2) is 5.48. The standard InChI is InChI=1S/C13H18N2O3/c1-8(16)9-4-2-3-5-12(9)15-13(17)10-6-18-7-11(10)14/h2-5,8,10-11,16H,6-7,14H2,1H3,(H,15,17). The van der Waals surface area contributed by atoms with E-state index in [-0.39, 0.29) is 17.9 Å². The maximum absolute atomic E-state index is 12.0. The quantitative estimate of drug-likeness (QED) is 0.735. The number of hydrogen-bond acceptors (Lipinski definition) is 4. The predicted octanol–water partition coefficient (Wildman–Crippen LogP) is 0.652. The van der Waals surface area contributed by atoms with Gasteiger partial charge in [-0.1, -0.05) is 18.2 Å². The number of hydrogen-bond donors (Lipinski definition) is 3. The first-order valence-corrected chi connectivity index (χ1v) is 6.00. The number of aliphatic hydroxyl groups excluding tert-OH is 1. The number of benzene rings is 1. The first kappa shape index (κ1) is 13.0. The average molecular weight is 250 g/mol. The van der Waals surface area contributed by atoms with Crippen LogP contribution in [0.25, 0.3) is 0 Å². The van der Waals surface area contributed by atoms with Crippen LogP contribution < -0.4 is 11.1 Å². The van der Waals surface area contributed by atoms with Crippen molar-refractivity contribution in [2.75, 3.05) is 18.5 Å². The number of anilines is 1. The fourth-order valence-corrected chi connectivity index (χ4v) is 2.04. The number of rotatable bonds is 3. The molecule has 5 heteroatoms. The van der Waals surface area contributed by atoms with Gasteiger partial charge in [-0.15, -0.1) is 0 Å². The van der Waals surface area contributed by atoms with E-state index in [1.165, 1.54) is 0 Å². The van der Waals surface area contributed by atoms with Gasteiger partial charge in [-0.05, 0) is 13.0 Å². The van der Waals surface area contributed by atoms with E-state index in [1.807, 2.05) is 12.1 Å².